The van der Waals surface area contributed by atoms with Crippen molar-refractivity contribution in [2.45, 2.75) is 6.10 Å². The summed E-state index contributed by atoms with van der Waals surface area (Å²) in [6, 6.07) is 15.2. The van der Waals surface area contributed by atoms with E-state index >= 15 is 0 Å². The Kier molecular flexibility index (Phi) is 5.01. The van der Waals surface area contributed by atoms with Crippen molar-refractivity contribution in [3.05, 3.63) is 70.2 Å². The summed E-state index contributed by atoms with van der Waals surface area (Å²) in [6.07, 6.45) is 3.78. The predicted molar refractivity (Wildman–Crippen MR) is 95.7 cm³/mol. The summed E-state index contributed by atoms with van der Waals surface area (Å²) >= 11 is 5.26. The molecule has 22 heavy (non-hydrogen) atoms. The average Bonchev–Trinajstić information content (AvgIpc) is 2.50. The monoisotopic (exact) mass is 374 g/mol. The average molecular weight is 375 g/mol. The first kappa shape index (κ1) is 15.4. The van der Waals surface area contributed by atoms with Gasteiger partial charge in [0.15, 0.2) is 5.78 Å². The summed E-state index contributed by atoms with van der Waals surface area (Å²) in [5.74, 6) is 3.04. The van der Waals surface area contributed by atoms with Crippen LogP contribution >= 0.6 is 27.7 Å². The van der Waals surface area contributed by atoms with Gasteiger partial charge in [0.2, 0.25) is 0 Å². The van der Waals surface area contributed by atoms with Crippen molar-refractivity contribution in [2.24, 2.45) is 0 Å². The van der Waals surface area contributed by atoms with E-state index in [1.165, 1.54) is 0 Å². The number of benzene rings is 2. The molecule has 0 unspecified atom stereocenters. The number of allylic oxidation sites excluding steroid dienone is 1. The highest BCUT2D eigenvalue weighted by molar-refractivity contribution is 9.10. The Bertz CT molecular complexity index is 673. The number of hydrogen-bond acceptors (Lipinski definition) is 3. The van der Waals surface area contributed by atoms with Crippen LogP contribution in [0.25, 0.3) is 6.08 Å². The molecule has 112 valence electrons. The van der Waals surface area contributed by atoms with E-state index in [2.05, 4.69) is 15.9 Å². The van der Waals surface area contributed by atoms with Gasteiger partial charge in [0.05, 0.1) is 0 Å². The molecule has 0 N–H and O–H groups in total. The number of ketones is 1. The maximum Gasteiger partial charge on any atom is 0.185 e. The zero-order valence-electron chi connectivity index (χ0n) is 11.9. The summed E-state index contributed by atoms with van der Waals surface area (Å²) in [4.78, 5) is 12.1. The molecule has 1 fully saturated rings. The van der Waals surface area contributed by atoms with E-state index in [0.29, 0.717) is 11.7 Å². The Labute approximate surface area is 142 Å². The van der Waals surface area contributed by atoms with Crippen LogP contribution in [0.3, 0.4) is 0 Å². The van der Waals surface area contributed by atoms with Gasteiger partial charge in [-0.3, -0.25) is 4.79 Å². The molecule has 1 saturated heterocycles. The Morgan fingerprint density at radius 2 is 1.77 bits per heavy atom. The quantitative estimate of drug-likeness (QED) is 0.553. The fourth-order valence-corrected chi connectivity index (χ4v) is 2.84. The van der Waals surface area contributed by atoms with Gasteiger partial charge in [-0.1, -0.05) is 34.1 Å². The van der Waals surface area contributed by atoms with Gasteiger partial charge in [0.1, 0.15) is 11.9 Å². The van der Waals surface area contributed by atoms with Gasteiger partial charge in [-0.25, -0.2) is 0 Å². The normalized spacial score (nSPS) is 14.8. The van der Waals surface area contributed by atoms with Crippen molar-refractivity contribution < 1.29 is 9.53 Å². The fraction of sp³-hybridized carbons (Fsp3) is 0.167. The Morgan fingerprint density at radius 3 is 2.36 bits per heavy atom. The SMILES string of the molecule is O=C(/C=C/c1ccc(OC2CSC2)cc1)c1ccc(Br)cc1. The number of hydrogen-bond donors (Lipinski definition) is 0. The first-order valence-electron chi connectivity index (χ1n) is 7.03. The molecule has 1 aliphatic rings. The standard InChI is InChI=1S/C18H15BrO2S/c19-15-6-4-14(5-7-15)18(20)10-3-13-1-8-16(9-2-13)21-17-11-22-12-17/h1-10,17H,11-12H2/b10-3+. The highest BCUT2D eigenvalue weighted by Gasteiger charge is 2.19. The fourth-order valence-electron chi connectivity index (χ4n) is 2.01. The van der Waals surface area contributed by atoms with E-state index < -0.39 is 0 Å². The zero-order valence-corrected chi connectivity index (χ0v) is 14.3. The largest absolute Gasteiger partial charge is 0.489 e. The van der Waals surface area contributed by atoms with Crippen molar-refractivity contribution in [3.8, 4) is 5.75 Å². The van der Waals surface area contributed by atoms with Crippen molar-refractivity contribution in [3.63, 3.8) is 0 Å². The summed E-state index contributed by atoms with van der Waals surface area (Å²) < 4.78 is 6.76. The second kappa shape index (κ2) is 7.16. The number of halogens is 1. The van der Waals surface area contributed by atoms with Crippen molar-refractivity contribution in [1.82, 2.24) is 0 Å². The molecule has 0 radical (unpaired) electrons. The molecule has 3 rings (SSSR count). The molecular weight excluding hydrogens is 360 g/mol. The third-order valence-electron chi connectivity index (χ3n) is 3.35. The molecule has 0 aromatic heterocycles. The summed E-state index contributed by atoms with van der Waals surface area (Å²) in [6.45, 7) is 0. The Balaban J connectivity index is 1.61. The molecular formula is C18H15BrO2S. The lowest BCUT2D eigenvalue weighted by Crippen LogP contribution is -2.30. The molecule has 0 spiro atoms. The first-order chi connectivity index (χ1) is 10.7. The minimum absolute atomic E-state index is 0.000630. The minimum Gasteiger partial charge on any atom is -0.489 e. The molecule has 2 aromatic carbocycles. The number of carbonyl (C=O) groups excluding carboxylic acids is 1. The van der Waals surface area contributed by atoms with Crippen LogP contribution in [-0.2, 0) is 0 Å². The second-order valence-electron chi connectivity index (χ2n) is 5.05. The molecule has 1 aliphatic heterocycles. The summed E-state index contributed by atoms with van der Waals surface area (Å²) in [5, 5.41) is 0. The highest BCUT2D eigenvalue weighted by Crippen LogP contribution is 2.24. The van der Waals surface area contributed by atoms with Gasteiger partial charge in [-0.15, -0.1) is 0 Å². The van der Waals surface area contributed by atoms with Crippen molar-refractivity contribution in [2.75, 3.05) is 11.5 Å². The Morgan fingerprint density at radius 1 is 1.09 bits per heavy atom. The molecule has 2 aromatic rings. The lowest BCUT2D eigenvalue weighted by atomic mass is 10.1. The van der Waals surface area contributed by atoms with Crippen molar-refractivity contribution in [1.29, 1.82) is 0 Å². The molecule has 0 saturated carbocycles. The number of ether oxygens (including phenoxy) is 1. The van der Waals surface area contributed by atoms with Crippen LogP contribution in [0.1, 0.15) is 15.9 Å². The molecule has 0 amide bonds. The molecule has 0 aliphatic carbocycles. The zero-order chi connectivity index (χ0) is 15.4. The maximum atomic E-state index is 12.1. The van der Waals surface area contributed by atoms with Crippen molar-refractivity contribution >= 4 is 39.6 Å². The van der Waals surface area contributed by atoms with Gasteiger partial charge in [0, 0.05) is 21.5 Å². The second-order valence-corrected chi connectivity index (χ2v) is 7.04. The van der Waals surface area contributed by atoms with E-state index in [9.17, 15) is 4.79 Å². The van der Waals surface area contributed by atoms with E-state index in [-0.39, 0.29) is 5.78 Å². The van der Waals surface area contributed by atoms with Crippen LogP contribution in [0, 0.1) is 0 Å². The van der Waals surface area contributed by atoms with E-state index in [1.54, 1.807) is 6.08 Å². The van der Waals surface area contributed by atoms with Gasteiger partial charge in [0.25, 0.3) is 0 Å². The maximum absolute atomic E-state index is 12.1. The molecule has 0 atom stereocenters. The molecule has 4 heteroatoms. The van der Waals surface area contributed by atoms with E-state index in [1.807, 2.05) is 66.4 Å². The van der Waals surface area contributed by atoms with Gasteiger partial charge < -0.3 is 4.74 Å². The van der Waals surface area contributed by atoms with Crippen LogP contribution in [0.4, 0.5) is 0 Å². The third-order valence-corrected chi connectivity index (χ3v) is 5.09. The number of carbonyl (C=O) groups is 1. The lowest BCUT2D eigenvalue weighted by molar-refractivity contribution is 0.104. The van der Waals surface area contributed by atoms with Crippen LogP contribution in [0.15, 0.2) is 59.1 Å². The van der Waals surface area contributed by atoms with Crippen LogP contribution in [0.2, 0.25) is 0 Å². The van der Waals surface area contributed by atoms with Crippen LogP contribution in [0.5, 0.6) is 5.75 Å². The highest BCUT2D eigenvalue weighted by atomic mass is 79.9. The lowest BCUT2D eigenvalue weighted by Gasteiger charge is -2.25. The Hall–Kier alpha value is -1.52. The summed E-state index contributed by atoms with van der Waals surface area (Å²) in [7, 11) is 0. The van der Waals surface area contributed by atoms with Gasteiger partial charge in [-0.2, -0.15) is 11.8 Å². The van der Waals surface area contributed by atoms with Gasteiger partial charge >= 0.3 is 0 Å². The van der Waals surface area contributed by atoms with E-state index in [4.69, 9.17) is 4.74 Å². The van der Waals surface area contributed by atoms with Gasteiger partial charge in [-0.05, 0) is 48.0 Å². The molecule has 2 nitrogen and oxygen atoms in total. The van der Waals surface area contributed by atoms with Crippen LogP contribution in [-0.4, -0.2) is 23.4 Å². The van der Waals surface area contributed by atoms with Crippen LogP contribution < -0.4 is 4.74 Å². The summed E-state index contributed by atoms with van der Waals surface area (Å²) in [5.41, 5.74) is 1.67. The number of rotatable bonds is 5. The molecule has 1 heterocycles. The predicted octanol–water partition coefficient (Wildman–Crippen LogP) is 4.84. The van der Waals surface area contributed by atoms with E-state index in [0.717, 1.165) is 27.3 Å². The topological polar surface area (TPSA) is 26.3 Å². The smallest absolute Gasteiger partial charge is 0.185 e. The first-order valence-corrected chi connectivity index (χ1v) is 8.98. The molecule has 0 bridgehead atoms. The number of thioether (sulfide) groups is 1. The third kappa shape index (κ3) is 4.02. The minimum atomic E-state index is -0.000630.